The van der Waals surface area contributed by atoms with Crippen molar-refractivity contribution in [1.82, 2.24) is 9.97 Å². The van der Waals surface area contributed by atoms with Gasteiger partial charge in [0.15, 0.2) is 0 Å². The van der Waals surface area contributed by atoms with E-state index in [1.807, 2.05) is 18.2 Å². The van der Waals surface area contributed by atoms with Gasteiger partial charge in [-0.05, 0) is 24.1 Å². The number of benzene rings is 1. The maximum absolute atomic E-state index is 8.81. The maximum Gasteiger partial charge on any atom is 0.107 e. The Balaban J connectivity index is 1.92. The van der Waals surface area contributed by atoms with E-state index in [9.17, 15) is 0 Å². The SMILES string of the molecule is N#Cc1ccc2nc(CC3CCC3)[nH]c2c1. The molecule has 1 fully saturated rings. The van der Waals surface area contributed by atoms with Gasteiger partial charge in [0.1, 0.15) is 5.82 Å². The monoisotopic (exact) mass is 211 g/mol. The summed E-state index contributed by atoms with van der Waals surface area (Å²) >= 11 is 0. The lowest BCUT2D eigenvalue weighted by molar-refractivity contribution is 0.310. The summed E-state index contributed by atoms with van der Waals surface area (Å²) in [4.78, 5) is 7.85. The molecule has 3 rings (SSSR count). The minimum Gasteiger partial charge on any atom is -0.342 e. The van der Waals surface area contributed by atoms with Gasteiger partial charge in [0.2, 0.25) is 0 Å². The number of hydrogen-bond acceptors (Lipinski definition) is 2. The van der Waals surface area contributed by atoms with E-state index >= 15 is 0 Å². The van der Waals surface area contributed by atoms with Crippen LogP contribution in [0.4, 0.5) is 0 Å². The van der Waals surface area contributed by atoms with Crippen LogP contribution >= 0.6 is 0 Å². The largest absolute Gasteiger partial charge is 0.342 e. The standard InChI is InChI=1S/C13H13N3/c14-8-10-4-5-11-12(6-10)16-13(15-11)7-9-2-1-3-9/h4-6,9H,1-3,7H2,(H,15,16). The summed E-state index contributed by atoms with van der Waals surface area (Å²) in [6, 6.07) is 7.74. The molecule has 2 aromatic rings. The molecule has 0 aliphatic heterocycles. The van der Waals surface area contributed by atoms with Gasteiger partial charge in [0, 0.05) is 6.42 Å². The number of rotatable bonds is 2. The predicted molar refractivity (Wildman–Crippen MR) is 61.9 cm³/mol. The van der Waals surface area contributed by atoms with Crippen LogP contribution in [0.25, 0.3) is 11.0 Å². The third-order valence-electron chi connectivity index (χ3n) is 3.37. The minimum atomic E-state index is 0.686. The molecule has 1 aliphatic rings. The lowest BCUT2D eigenvalue weighted by atomic mass is 9.83. The van der Waals surface area contributed by atoms with Crippen molar-refractivity contribution >= 4 is 11.0 Å². The summed E-state index contributed by atoms with van der Waals surface area (Å²) in [6.45, 7) is 0. The molecular formula is C13H13N3. The predicted octanol–water partition coefficient (Wildman–Crippen LogP) is 2.78. The number of imidazole rings is 1. The zero-order valence-corrected chi connectivity index (χ0v) is 9.03. The average molecular weight is 211 g/mol. The van der Waals surface area contributed by atoms with Crippen molar-refractivity contribution in [3.05, 3.63) is 29.6 Å². The number of nitrogens with one attached hydrogen (secondary N) is 1. The first-order valence-electron chi connectivity index (χ1n) is 5.74. The van der Waals surface area contributed by atoms with E-state index in [-0.39, 0.29) is 0 Å². The van der Waals surface area contributed by atoms with Gasteiger partial charge in [-0.3, -0.25) is 0 Å². The van der Waals surface area contributed by atoms with Crippen molar-refractivity contribution in [3.8, 4) is 6.07 Å². The summed E-state index contributed by atoms with van der Waals surface area (Å²) in [5, 5.41) is 8.81. The van der Waals surface area contributed by atoms with Crippen LogP contribution < -0.4 is 0 Å². The molecule has 3 nitrogen and oxygen atoms in total. The summed E-state index contributed by atoms with van der Waals surface area (Å²) in [5.74, 6) is 1.88. The van der Waals surface area contributed by atoms with E-state index in [2.05, 4.69) is 16.0 Å². The smallest absolute Gasteiger partial charge is 0.107 e. The second-order valence-corrected chi connectivity index (χ2v) is 4.53. The van der Waals surface area contributed by atoms with Crippen molar-refractivity contribution in [2.24, 2.45) is 5.92 Å². The highest BCUT2D eigenvalue weighted by Gasteiger charge is 2.19. The lowest BCUT2D eigenvalue weighted by Gasteiger charge is -2.23. The first kappa shape index (κ1) is 9.41. The topological polar surface area (TPSA) is 52.5 Å². The van der Waals surface area contributed by atoms with Crippen molar-refractivity contribution in [1.29, 1.82) is 5.26 Å². The van der Waals surface area contributed by atoms with Crippen LogP contribution in [0.15, 0.2) is 18.2 Å². The Morgan fingerprint density at radius 2 is 2.31 bits per heavy atom. The second kappa shape index (κ2) is 3.64. The zero-order chi connectivity index (χ0) is 11.0. The van der Waals surface area contributed by atoms with Crippen LogP contribution in [0.5, 0.6) is 0 Å². The Bertz CT molecular complexity index is 558. The number of nitriles is 1. The normalized spacial score (nSPS) is 15.9. The van der Waals surface area contributed by atoms with Gasteiger partial charge >= 0.3 is 0 Å². The minimum absolute atomic E-state index is 0.686. The van der Waals surface area contributed by atoms with Crippen molar-refractivity contribution in [2.75, 3.05) is 0 Å². The Kier molecular flexibility index (Phi) is 2.14. The highest BCUT2D eigenvalue weighted by molar-refractivity contribution is 5.76. The number of H-pyrrole nitrogens is 1. The van der Waals surface area contributed by atoms with E-state index in [0.29, 0.717) is 5.56 Å². The molecule has 0 unspecified atom stereocenters. The number of fused-ring (bicyclic) bond motifs is 1. The summed E-state index contributed by atoms with van der Waals surface area (Å²) in [5.41, 5.74) is 2.63. The number of aromatic amines is 1. The molecule has 1 aromatic heterocycles. The fraction of sp³-hybridized carbons (Fsp3) is 0.385. The van der Waals surface area contributed by atoms with Crippen molar-refractivity contribution in [2.45, 2.75) is 25.7 Å². The van der Waals surface area contributed by atoms with Crippen molar-refractivity contribution in [3.63, 3.8) is 0 Å². The fourth-order valence-electron chi connectivity index (χ4n) is 2.20. The molecule has 0 spiro atoms. The van der Waals surface area contributed by atoms with Crippen LogP contribution in [0.2, 0.25) is 0 Å². The van der Waals surface area contributed by atoms with Gasteiger partial charge in [0.05, 0.1) is 22.7 Å². The summed E-state index contributed by atoms with van der Waals surface area (Å²) in [7, 11) is 0. The molecule has 1 N–H and O–H groups in total. The summed E-state index contributed by atoms with van der Waals surface area (Å²) in [6.07, 6.45) is 5.08. The average Bonchev–Trinajstić information content (AvgIpc) is 2.64. The Labute approximate surface area is 94.1 Å². The Morgan fingerprint density at radius 3 is 3.00 bits per heavy atom. The molecular weight excluding hydrogens is 198 g/mol. The van der Waals surface area contributed by atoms with Gasteiger partial charge in [-0.15, -0.1) is 0 Å². The molecule has 0 bridgehead atoms. The van der Waals surface area contributed by atoms with E-state index in [0.717, 1.165) is 29.2 Å². The molecule has 0 amide bonds. The van der Waals surface area contributed by atoms with Crippen molar-refractivity contribution < 1.29 is 0 Å². The lowest BCUT2D eigenvalue weighted by Crippen LogP contribution is -2.14. The second-order valence-electron chi connectivity index (χ2n) is 4.53. The molecule has 1 heterocycles. The molecule has 0 radical (unpaired) electrons. The van der Waals surface area contributed by atoms with Gasteiger partial charge in [0.25, 0.3) is 0 Å². The third kappa shape index (κ3) is 1.57. The molecule has 16 heavy (non-hydrogen) atoms. The molecule has 1 aromatic carbocycles. The summed E-state index contributed by atoms with van der Waals surface area (Å²) < 4.78 is 0. The first-order valence-corrected chi connectivity index (χ1v) is 5.74. The number of hydrogen-bond donors (Lipinski definition) is 1. The Morgan fingerprint density at radius 1 is 1.44 bits per heavy atom. The van der Waals surface area contributed by atoms with Gasteiger partial charge in [-0.1, -0.05) is 19.3 Å². The van der Waals surface area contributed by atoms with Crippen LogP contribution in [0, 0.1) is 17.2 Å². The van der Waals surface area contributed by atoms with E-state index < -0.39 is 0 Å². The number of aromatic nitrogens is 2. The molecule has 80 valence electrons. The van der Waals surface area contributed by atoms with Gasteiger partial charge in [-0.2, -0.15) is 5.26 Å². The highest BCUT2D eigenvalue weighted by Crippen LogP contribution is 2.29. The maximum atomic E-state index is 8.81. The number of nitrogens with zero attached hydrogens (tertiary/aromatic N) is 2. The van der Waals surface area contributed by atoms with E-state index in [1.54, 1.807) is 0 Å². The molecule has 0 saturated heterocycles. The molecule has 1 saturated carbocycles. The quantitative estimate of drug-likeness (QED) is 0.830. The van der Waals surface area contributed by atoms with Gasteiger partial charge in [-0.25, -0.2) is 4.98 Å². The molecule has 3 heteroatoms. The Hall–Kier alpha value is -1.82. The zero-order valence-electron chi connectivity index (χ0n) is 9.03. The highest BCUT2D eigenvalue weighted by atomic mass is 14.9. The van der Waals surface area contributed by atoms with Crippen LogP contribution in [-0.4, -0.2) is 9.97 Å². The van der Waals surface area contributed by atoms with E-state index in [1.165, 1.54) is 19.3 Å². The van der Waals surface area contributed by atoms with Crippen LogP contribution in [-0.2, 0) is 6.42 Å². The third-order valence-corrected chi connectivity index (χ3v) is 3.37. The fourth-order valence-corrected chi connectivity index (χ4v) is 2.20. The van der Waals surface area contributed by atoms with Gasteiger partial charge < -0.3 is 4.98 Å². The van der Waals surface area contributed by atoms with Crippen LogP contribution in [0.1, 0.15) is 30.7 Å². The van der Waals surface area contributed by atoms with E-state index in [4.69, 9.17) is 5.26 Å². The van der Waals surface area contributed by atoms with Crippen LogP contribution in [0.3, 0.4) is 0 Å². The molecule has 1 aliphatic carbocycles. The first-order chi connectivity index (χ1) is 7.85. The molecule has 0 atom stereocenters.